The summed E-state index contributed by atoms with van der Waals surface area (Å²) in [4.78, 5) is 16.0. The number of para-hydroxylation sites is 1. The second-order valence-corrected chi connectivity index (χ2v) is 6.17. The first kappa shape index (κ1) is 15.7. The van der Waals surface area contributed by atoms with Gasteiger partial charge in [0.15, 0.2) is 11.4 Å². The lowest BCUT2D eigenvalue weighted by molar-refractivity contribution is 0.178. The average molecular weight is 307 g/mol. The maximum atomic E-state index is 11.8. The third-order valence-corrected chi connectivity index (χ3v) is 3.88. The molecule has 1 aliphatic rings. The maximum absolute atomic E-state index is 11.8. The molecule has 2 amide bonds. The number of amidine groups is 1. The van der Waals surface area contributed by atoms with Gasteiger partial charge >= 0.3 is 6.03 Å². The number of thioether (sulfide) groups is 1. The smallest absolute Gasteiger partial charge is 0.323 e. The van der Waals surface area contributed by atoms with Crippen molar-refractivity contribution in [1.29, 1.82) is 0 Å². The third kappa shape index (κ3) is 4.67. The van der Waals surface area contributed by atoms with E-state index in [-0.39, 0.29) is 6.03 Å². The molecule has 0 bridgehead atoms. The molecule has 114 valence electrons. The number of carbonyl (C=O) groups excluding carboxylic acids is 1. The quantitative estimate of drug-likeness (QED) is 0.841. The molecule has 2 rings (SSSR count). The number of hydrogen-bond donors (Lipinski definition) is 2. The van der Waals surface area contributed by atoms with Crippen LogP contribution in [0.4, 0.5) is 4.79 Å². The Morgan fingerprint density at radius 1 is 1.33 bits per heavy atom. The predicted molar refractivity (Wildman–Crippen MR) is 87.0 cm³/mol. The summed E-state index contributed by atoms with van der Waals surface area (Å²) in [6.45, 7) is 6.79. The SMILES string of the molecule is CC(NC(=O)NC1=NCCS1)Oc1ccccc1C(C)C. The largest absolute Gasteiger partial charge is 0.471 e. The Morgan fingerprint density at radius 2 is 2.10 bits per heavy atom. The van der Waals surface area contributed by atoms with Crippen LogP contribution in [0.1, 0.15) is 32.3 Å². The van der Waals surface area contributed by atoms with Crippen molar-refractivity contribution in [3.63, 3.8) is 0 Å². The van der Waals surface area contributed by atoms with Crippen LogP contribution in [-0.2, 0) is 0 Å². The van der Waals surface area contributed by atoms with Crippen LogP contribution in [0.5, 0.6) is 5.75 Å². The molecular formula is C15H21N3O2S. The monoisotopic (exact) mass is 307 g/mol. The Labute approximate surface area is 129 Å². The summed E-state index contributed by atoms with van der Waals surface area (Å²) < 4.78 is 5.82. The highest BCUT2D eigenvalue weighted by Gasteiger charge is 2.15. The van der Waals surface area contributed by atoms with Gasteiger partial charge in [-0.25, -0.2) is 4.79 Å². The third-order valence-electron chi connectivity index (χ3n) is 2.99. The first-order chi connectivity index (χ1) is 10.1. The Hall–Kier alpha value is -1.69. The summed E-state index contributed by atoms with van der Waals surface area (Å²) >= 11 is 1.55. The summed E-state index contributed by atoms with van der Waals surface area (Å²) in [7, 11) is 0. The Bertz CT molecular complexity index is 531. The lowest BCUT2D eigenvalue weighted by atomic mass is 10.0. The van der Waals surface area contributed by atoms with Crippen molar-refractivity contribution in [2.75, 3.05) is 12.3 Å². The number of aliphatic imine (C=N–C) groups is 1. The number of nitrogens with zero attached hydrogens (tertiary/aromatic N) is 1. The van der Waals surface area contributed by atoms with Gasteiger partial charge in [0.1, 0.15) is 5.75 Å². The molecule has 1 aromatic carbocycles. The fourth-order valence-electron chi connectivity index (χ4n) is 2.01. The number of benzene rings is 1. The van der Waals surface area contributed by atoms with Crippen molar-refractivity contribution < 1.29 is 9.53 Å². The van der Waals surface area contributed by atoms with Crippen LogP contribution < -0.4 is 15.4 Å². The van der Waals surface area contributed by atoms with Crippen molar-refractivity contribution in [2.24, 2.45) is 4.99 Å². The summed E-state index contributed by atoms with van der Waals surface area (Å²) in [5, 5.41) is 6.14. The van der Waals surface area contributed by atoms with Crippen LogP contribution >= 0.6 is 11.8 Å². The molecule has 0 fully saturated rings. The molecule has 0 aliphatic carbocycles. The molecule has 1 heterocycles. The zero-order valence-electron chi connectivity index (χ0n) is 12.6. The van der Waals surface area contributed by atoms with Gasteiger partial charge in [-0.05, 0) is 24.5 Å². The highest BCUT2D eigenvalue weighted by Crippen LogP contribution is 2.26. The number of amides is 2. The van der Waals surface area contributed by atoms with Gasteiger partial charge in [0.25, 0.3) is 0 Å². The van der Waals surface area contributed by atoms with Gasteiger partial charge in [0.2, 0.25) is 0 Å². The summed E-state index contributed by atoms with van der Waals surface area (Å²) in [6, 6.07) is 7.58. The van der Waals surface area contributed by atoms with E-state index in [1.165, 1.54) is 0 Å². The Kier molecular flexibility index (Phi) is 5.50. The van der Waals surface area contributed by atoms with E-state index >= 15 is 0 Å². The second-order valence-electron chi connectivity index (χ2n) is 5.09. The van der Waals surface area contributed by atoms with Gasteiger partial charge in [-0.15, -0.1) is 0 Å². The summed E-state index contributed by atoms with van der Waals surface area (Å²) in [6.07, 6.45) is -0.420. The molecule has 0 radical (unpaired) electrons. The first-order valence-corrected chi connectivity index (χ1v) is 8.05. The molecule has 1 aliphatic heterocycles. The van der Waals surface area contributed by atoms with E-state index in [9.17, 15) is 4.79 Å². The number of nitrogens with one attached hydrogen (secondary N) is 2. The maximum Gasteiger partial charge on any atom is 0.323 e. The number of ether oxygens (including phenoxy) is 1. The molecule has 0 saturated carbocycles. The second kappa shape index (κ2) is 7.36. The van der Waals surface area contributed by atoms with E-state index < -0.39 is 6.23 Å². The van der Waals surface area contributed by atoms with Gasteiger partial charge in [-0.2, -0.15) is 0 Å². The van der Waals surface area contributed by atoms with Crippen molar-refractivity contribution >= 4 is 23.0 Å². The molecule has 1 unspecified atom stereocenters. The molecule has 0 spiro atoms. The minimum atomic E-state index is -0.420. The number of urea groups is 1. The lowest BCUT2D eigenvalue weighted by Crippen LogP contribution is -2.44. The van der Waals surface area contributed by atoms with Crippen LogP contribution in [0.2, 0.25) is 0 Å². The number of rotatable bonds is 4. The van der Waals surface area contributed by atoms with Crippen LogP contribution in [0.3, 0.4) is 0 Å². The highest BCUT2D eigenvalue weighted by atomic mass is 32.2. The van der Waals surface area contributed by atoms with Gasteiger partial charge in [-0.3, -0.25) is 10.3 Å². The molecule has 1 atom stereocenters. The number of carbonyl (C=O) groups is 1. The zero-order valence-corrected chi connectivity index (χ0v) is 13.4. The average Bonchev–Trinajstić information content (AvgIpc) is 2.91. The van der Waals surface area contributed by atoms with Gasteiger partial charge < -0.3 is 10.1 Å². The van der Waals surface area contributed by atoms with E-state index in [1.807, 2.05) is 24.3 Å². The predicted octanol–water partition coefficient (Wildman–Crippen LogP) is 2.94. The fraction of sp³-hybridized carbons (Fsp3) is 0.467. The molecular weight excluding hydrogens is 286 g/mol. The molecule has 6 heteroatoms. The zero-order chi connectivity index (χ0) is 15.2. The van der Waals surface area contributed by atoms with Crippen molar-refractivity contribution in [1.82, 2.24) is 10.6 Å². The van der Waals surface area contributed by atoms with Crippen molar-refractivity contribution in [2.45, 2.75) is 32.9 Å². The van der Waals surface area contributed by atoms with E-state index in [0.717, 1.165) is 23.6 Å². The molecule has 2 N–H and O–H groups in total. The summed E-state index contributed by atoms with van der Waals surface area (Å²) in [5.74, 6) is 2.09. The van der Waals surface area contributed by atoms with Gasteiger partial charge in [-0.1, -0.05) is 43.8 Å². The van der Waals surface area contributed by atoms with Gasteiger partial charge in [0.05, 0.1) is 6.54 Å². The Morgan fingerprint density at radius 3 is 2.76 bits per heavy atom. The lowest BCUT2D eigenvalue weighted by Gasteiger charge is -2.20. The Balaban J connectivity index is 1.89. The van der Waals surface area contributed by atoms with E-state index in [1.54, 1.807) is 18.7 Å². The fourth-order valence-corrected chi connectivity index (χ4v) is 2.74. The van der Waals surface area contributed by atoms with Crippen LogP contribution in [0.25, 0.3) is 0 Å². The minimum absolute atomic E-state index is 0.294. The van der Waals surface area contributed by atoms with Crippen LogP contribution in [0.15, 0.2) is 29.3 Å². The van der Waals surface area contributed by atoms with Crippen molar-refractivity contribution in [3.8, 4) is 5.75 Å². The van der Waals surface area contributed by atoms with E-state index in [4.69, 9.17) is 4.74 Å². The van der Waals surface area contributed by atoms with Crippen molar-refractivity contribution in [3.05, 3.63) is 29.8 Å². The molecule has 0 aromatic heterocycles. The van der Waals surface area contributed by atoms with E-state index in [0.29, 0.717) is 11.1 Å². The molecule has 21 heavy (non-hydrogen) atoms. The van der Waals surface area contributed by atoms with Gasteiger partial charge in [0, 0.05) is 5.75 Å². The molecule has 1 aromatic rings. The van der Waals surface area contributed by atoms with Crippen LogP contribution in [-0.4, -0.2) is 29.7 Å². The standard InChI is InChI=1S/C15H21N3O2S/c1-10(2)12-6-4-5-7-13(12)20-11(3)17-14(19)18-15-16-8-9-21-15/h4-7,10-11H,8-9H2,1-3H3,(H2,16,17,18,19). The highest BCUT2D eigenvalue weighted by molar-refractivity contribution is 8.14. The molecule has 0 saturated heterocycles. The normalized spacial score (nSPS) is 15.5. The number of hydrogen-bond acceptors (Lipinski definition) is 4. The summed E-state index contributed by atoms with van der Waals surface area (Å²) in [5.41, 5.74) is 1.13. The molecule has 5 nitrogen and oxygen atoms in total. The minimum Gasteiger partial charge on any atom is -0.471 e. The first-order valence-electron chi connectivity index (χ1n) is 7.06. The van der Waals surface area contributed by atoms with Crippen LogP contribution in [0, 0.1) is 0 Å². The van der Waals surface area contributed by atoms with E-state index in [2.05, 4.69) is 29.5 Å². The topological polar surface area (TPSA) is 62.7 Å².